The first-order valence-corrected chi connectivity index (χ1v) is 13.7. The molecule has 6 heteroatoms. The molecule has 0 spiro atoms. The predicted molar refractivity (Wildman–Crippen MR) is 140 cm³/mol. The summed E-state index contributed by atoms with van der Waals surface area (Å²) in [7, 11) is -4.08. The van der Waals surface area contributed by atoms with Crippen molar-refractivity contribution in [1.29, 1.82) is 0 Å². The lowest BCUT2D eigenvalue weighted by Crippen LogP contribution is -2.54. The van der Waals surface area contributed by atoms with Gasteiger partial charge in [-0.1, -0.05) is 99.1 Å². The Morgan fingerprint density at radius 1 is 0.917 bits per heavy atom. The Bertz CT molecular complexity index is 1290. The lowest BCUT2D eigenvalue weighted by atomic mass is 9.51. The molecule has 3 aromatic carbocycles. The first-order valence-electron chi connectivity index (χ1n) is 12.3. The van der Waals surface area contributed by atoms with Gasteiger partial charge < -0.3 is 5.11 Å². The molecule has 1 aliphatic carbocycles. The highest BCUT2D eigenvalue weighted by Crippen LogP contribution is 2.57. The number of benzene rings is 3. The van der Waals surface area contributed by atoms with Crippen LogP contribution in [0.3, 0.4) is 0 Å². The standard InChI is InChI=1S/C30H34O5S/c1-21-15-17-25(18-16-21)36(33,34)35-24-19-26(29(2,3)4)27(22-11-7-5-8-12-22)30(20-24,28(31)32)23-13-9-6-10-14-23/h5-18,24,26-27H,19-20H2,1-4H3,(H,31,32)/t24-,26-,27?,30+/m0/s1. The van der Waals surface area contributed by atoms with Gasteiger partial charge in [-0.3, -0.25) is 8.98 Å². The number of hydrogen-bond acceptors (Lipinski definition) is 4. The number of aliphatic carboxylic acids is 1. The molecule has 1 fully saturated rings. The fraction of sp³-hybridized carbons (Fsp3) is 0.367. The molecule has 0 amide bonds. The topological polar surface area (TPSA) is 80.7 Å². The summed E-state index contributed by atoms with van der Waals surface area (Å²) in [6, 6.07) is 25.5. The SMILES string of the molecule is Cc1ccc(S(=O)(=O)O[C@H]2C[C@H](C(C)(C)C)C(c3ccccc3)[C@](C(=O)O)(c3ccccc3)C2)cc1. The normalized spacial score (nSPS) is 24.8. The number of hydrogen-bond donors (Lipinski definition) is 1. The lowest BCUT2D eigenvalue weighted by Gasteiger charge is -2.52. The number of carboxylic acids is 1. The molecule has 3 aromatic rings. The van der Waals surface area contributed by atoms with E-state index in [4.69, 9.17) is 4.18 Å². The van der Waals surface area contributed by atoms with Crippen LogP contribution in [0.4, 0.5) is 0 Å². The number of carbonyl (C=O) groups is 1. The van der Waals surface area contributed by atoms with Crippen molar-refractivity contribution >= 4 is 16.1 Å². The fourth-order valence-corrected chi connectivity index (χ4v) is 6.84. The summed E-state index contributed by atoms with van der Waals surface area (Å²) in [5.74, 6) is -1.51. The molecule has 0 heterocycles. The van der Waals surface area contributed by atoms with Crippen LogP contribution in [0.2, 0.25) is 0 Å². The van der Waals surface area contributed by atoms with Gasteiger partial charge in [0.2, 0.25) is 0 Å². The fourth-order valence-electron chi connectivity index (χ4n) is 5.75. The van der Waals surface area contributed by atoms with Crippen LogP contribution in [-0.2, 0) is 24.5 Å². The van der Waals surface area contributed by atoms with Crippen molar-refractivity contribution < 1.29 is 22.5 Å². The van der Waals surface area contributed by atoms with E-state index >= 15 is 0 Å². The van der Waals surface area contributed by atoms with E-state index in [0.29, 0.717) is 12.0 Å². The quantitative estimate of drug-likeness (QED) is 0.395. The van der Waals surface area contributed by atoms with Crippen LogP contribution >= 0.6 is 0 Å². The van der Waals surface area contributed by atoms with Crippen LogP contribution in [0, 0.1) is 18.3 Å². The third kappa shape index (κ3) is 4.97. The molecule has 0 radical (unpaired) electrons. The number of carboxylic acid groups (broad SMARTS) is 1. The van der Waals surface area contributed by atoms with Gasteiger partial charge in [-0.2, -0.15) is 8.42 Å². The van der Waals surface area contributed by atoms with E-state index in [2.05, 4.69) is 20.8 Å². The Balaban J connectivity index is 1.87. The third-order valence-electron chi connectivity index (χ3n) is 7.51. The Labute approximate surface area is 214 Å². The second kappa shape index (κ2) is 9.83. The molecule has 0 aliphatic heterocycles. The Morgan fingerprint density at radius 3 is 2.00 bits per heavy atom. The maximum atomic E-state index is 13.3. The van der Waals surface area contributed by atoms with Crippen molar-refractivity contribution in [3.05, 3.63) is 102 Å². The molecule has 5 nitrogen and oxygen atoms in total. The maximum Gasteiger partial charge on any atom is 0.314 e. The molecule has 0 aromatic heterocycles. The van der Waals surface area contributed by atoms with Gasteiger partial charge >= 0.3 is 5.97 Å². The van der Waals surface area contributed by atoms with E-state index in [1.807, 2.05) is 67.6 Å². The van der Waals surface area contributed by atoms with E-state index < -0.39 is 27.6 Å². The smallest absolute Gasteiger partial charge is 0.314 e. The molecule has 0 saturated heterocycles. The van der Waals surface area contributed by atoms with Gasteiger partial charge in [-0.05, 0) is 54.4 Å². The lowest BCUT2D eigenvalue weighted by molar-refractivity contribution is -0.150. The van der Waals surface area contributed by atoms with E-state index in [0.717, 1.165) is 11.1 Å². The van der Waals surface area contributed by atoms with Crippen molar-refractivity contribution in [2.45, 2.75) is 62.9 Å². The second-order valence-corrected chi connectivity index (χ2v) is 12.5. The average Bonchev–Trinajstić information content (AvgIpc) is 2.84. The van der Waals surface area contributed by atoms with Crippen molar-refractivity contribution in [1.82, 2.24) is 0 Å². The minimum Gasteiger partial charge on any atom is -0.481 e. The number of rotatable bonds is 6. The molecule has 0 bridgehead atoms. The summed E-state index contributed by atoms with van der Waals surface area (Å²) in [6.07, 6.45) is -0.323. The highest BCUT2D eigenvalue weighted by atomic mass is 32.2. The van der Waals surface area contributed by atoms with Crippen LogP contribution in [0.15, 0.2) is 89.8 Å². The van der Waals surface area contributed by atoms with Crippen molar-refractivity contribution in [3.63, 3.8) is 0 Å². The van der Waals surface area contributed by atoms with Crippen LogP contribution in [0.25, 0.3) is 0 Å². The summed E-state index contributed by atoms with van der Waals surface area (Å²) in [5, 5.41) is 10.9. The van der Waals surface area contributed by atoms with Gasteiger partial charge in [0, 0.05) is 5.92 Å². The minimum atomic E-state index is -4.08. The first kappa shape index (κ1) is 26.1. The van der Waals surface area contributed by atoms with Gasteiger partial charge in [0.05, 0.1) is 11.0 Å². The van der Waals surface area contributed by atoms with Gasteiger partial charge in [-0.15, -0.1) is 0 Å². The first-order chi connectivity index (χ1) is 16.9. The van der Waals surface area contributed by atoms with Crippen molar-refractivity contribution in [2.24, 2.45) is 11.3 Å². The Kier molecular flexibility index (Phi) is 7.13. The Morgan fingerprint density at radius 2 is 1.47 bits per heavy atom. The third-order valence-corrected chi connectivity index (χ3v) is 8.89. The summed E-state index contributed by atoms with van der Waals surface area (Å²) in [6.45, 7) is 8.14. The van der Waals surface area contributed by atoms with Crippen molar-refractivity contribution in [3.8, 4) is 0 Å². The van der Waals surface area contributed by atoms with Gasteiger partial charge in [0.15, 0.2) is 0 Å². The van der Waals surface area contributed by atoms with E-state index in [1.54, 1.807) is 12.1 Å². The molecule has 4 rings (SSSR count). The monoisotopic (exact) mass is 506 g/mol. The maximum absolute atomic E-state index is 13.3. The van der Waals surface area contributed by atoms with Crippen LogP contribution in [0.1, 0.15) is 56.2 Å². The van der Waals surface area contributed by atoms with Gasteiger partial charge in [0.1, 0.15) is 5.41 Å². The van der Waals surface area contributed by atoms with Crippen LogP contribution in [0.5, 0.6) is 0 Å². The van der Waals surface area contributed by atoms with E-state index in [1.165, 1.54) is 12.1 Å². The summed E-state index contributed by atoms with van der Waals surface area (Å²) in [4.78, 5) is 13.4. The second-order valence-electron chi connectivity index (χ2n) is 10.9. The summed E-state index contributed by atoms with van der Waals surface area (Å²) < 4.78 is 32.4. The molecule has 1 N–H and O–H groups in total. The average molecular weight is 507 g/mol. The molecule has 1 unspecified atom stereocenters. The highest BCUT2D eigenvalue weighted by Gasteiger charge is 2.58. The van der Waals surface area contributed by atoms with E-state index in [-0.39, 0.29) is 28.6 Å². The molecule has 190 valence electrons. The molecule has 1 aliphatic rings. The predicted octanol–water partition coefficient (Wildman–Crippen LogP) is 6.33. The molecular weight excluding hydrogens is 472 g/mol. The molecule has 4 atom stereocenters. The molecule has 1 saturated carbocycles. The summed E-state index contributed by atoms with van der Waals surface area (Å²) in [5.41, 5.74) is 0.849. The van der Waals surface area contributed by atoms with Gasteiger partial charge in [0.25, 0.3) is 10.1 Å². The minimum absolute atomic E-state index is 0.0452. The van der Waals surface area contributed by atoms with Crippen LogP contribution in [-0.4, -0.2) is 25.6 Å². The van der Waals surface area contributed by atoms with Crippen molar-refractivity contribution in [2.75, 3.05) is 0 Å². The van der Waals surface area contributed by atoms with E-state index in [9.17, 15) is 18.3 Å². The summed E-state index contributed by atoms with van der Waals surface area (Å²) >= 11 is 0. The van der Waals surface area contributed by atoms with Gasteiger partial charge in [-0.25, -0.2) is 0 Å². The Hall–Kier alpha value is -2.96. The largest absolute Gasteiger partial charge is 0.481 e. The zero-order valence-electron chi connectivity index (χ0n) is 21.2. The zero-order chi connectivity index (χ0) is 26.1. The number of aryl methyl sites for hydroxylation is 1. The zero-order valence-corrected chi connectivity index (χ0v) is 22.0. The van der Waals surface area contributed by atoms with Crippen LogP contribution < -0.4 is 0 Å². The molecular formula is C30H34O5S. The molecule has 36 heavy (non-hydrogen) atoms. The highest BCUT2D eigenvalue weighted by molar-refractivity contribution is 7.86.